The lowest BCUT2D eigenvalue weighted by atomic mass is 10.3. The summed E-state index contributed by atoms with van der Waals surface area (Å²) in [6.45, 7) is 1.73. The third-order valence-corrected chi connectivity index (χ3v) is 6.36. The average molecular weight is 448 g/mol. The highest BCUT2D eigenvalue weighted by Gasteiger charge is 2.23. The standard InChI is InChI=1S/C11H16Br2N2O3S2/c1-7(3-4-19(2)16)15-20(17,18)11-9(13)5-8(12)6-10(11)14/h5-7,15H,3-4,14H2,1-2H3. The van der Waals surface area contributed by atoms with Gasteiger partial charge < -0.3 is 5.73 Å². The third kappa shape index (κ3) is 5.10. The molecule has 2 atom stereocenters. The molecule has 1 aromatic carbocycles. The van der Waals surface area contributed by atoms with Gasteiger partial charge in [0, 0.05) is 37.8 Å². The maximum absolute atomic E-state index is 12.3. The number of anilines is 1. The fraction of sp³-hybridized carbons (Fsp3) is 0.455. The van der Waals surface area contributed by atoms with Crippen molar-refractivity contribution >= 4 is 58.4 Å². The Bertz CT molecular complexity index is 597. The lowest BCUT2D eigenvalue weighted by Crippen LogP contribution is -2.34. The number of sulfonamides is 1. The van der Waals surface area contributed by atoms with Gasteiger partial charge in [-0.3, -0.25) is 4.21 Å². The number of benzene rings is 1. The van der Waals surface area contributed by atoms with Crippen molar-refractivity contribution in [2.75, 3.05) is 17.7 Å². The molecule has 0 saturated heterocycles. The summed E-state index contributed by atoms with van der Waals surface area (Å²) in [6.07, 6.45) is 2.08. The van der Waals surface area contributed by atoms with Gasteiger partial charge in [0.2, 0.25) is 10.0 Å². The van der Waals surface area contributed by atoms with Crippen LogP contribution in [-0.4, -0.2) is 30.7 Å². The number of nitrogens with one attached hydrogen (secondary N) is 1. The van der Waals surface area contributed by atoms with E-state index in [0.29, 0.717) is 21.1 Å². The zero-order valence-corrected chi connectivity index (χ0v) is 15.8. The zero-order chi connectivity index (χ0) is 15.5. The van der Waals surface area contributed by atoms with E-state index in [1.807, 2.05) is 0 Å². The van der Waals surface area contributed by atoms with E-state index in [0.717, 1.165) is 0 Å². The van der Waals surface area contributed by atoms with Gasteiger partial charge in [-0.25, -0.2) is 13.1 Å². The van der Waals surface area contributed by atoms with Crippen molar-refractivity contribution in [2.24, 2.45) is 0 Å². The van der Waals surface area contributed by atoms with Crippen molar-refractivity contribution in [3.8, 4) is 0 Å². The van der Waals surface area contributed by atoms with Gasteiger partial charge in [0.25, 0.3) is 0 Å². The molecule has 0 fully saturated rings. The Balaban J connectivity index is 2.97. The third-order valence-electron chi connectivity index (χ3n) is 2.50. The molecule has 20 heavy (non-hydrogen) atoms. The summed E-state index contributed by atoms with van der Waals surface area (Å²) in [6, 6.07) is 2.83. The van der Waals surface area contributed by atoms with Crippen LogP contribution >= 0.6 is 31.9 Å². The van der Waals surface area contributed by atoms with Crippen LogP contribution in [0.3, 0.4) is 0 Å². The van der Waals surface area contributed by atoms with E-state index in [1.165, 1.54) is 6.07 Å². The van der Waals surface area contributed by atoms with Crippen LogP contribution in [0.2, 0.25) is 0 Å². The van der Waals surface area contributed by atoms with Crippen LogP contribution in [0, 0.1) is 0 Å². The SMILES string of the molecule is CC(CCS(C)=O)NS(=O)(=O)c1c(N)cc(Br)cc1Br. The summed E-state index contributed by atoms with van der Waals surface area (Å²) >= 11 is 6.45. The Hall–Kier alpha value is 0.0400. The van der Waals surface area contributed by atoms with Gasteiger partial charge >= 0.3 is 0 Å². The molecule has 0 aliphatic heterocycles. The molecule has 0 aliphatic rings. The molecule has 1 aromatic rings. The van der Waals surface area contributed by atoms with E-state index in [-0.39, 0.29) is 16.6 Å². The summed E-state index contributed by atoms with van der Waals surface area (Å²) in [5.41, 5.74) is 5.94. The fourth-order valence-corrected chi connectivity index (χ4v) is 5.62. The highest BCUT2D eigenvalue weighted by molar-refractivity contribution is 9.11. The quantitative estimate of drug-likeness (QED) is 0.654. The summed E-state index contributed by atoms with van der Waals surface area (Å²) in [5.74, 6) is 0.445. The molecule has 0 saturated carbocycles. The number of nitrogens with two attached hydrogens (primary N) is 1. The molecular weight excluding hydrogens is 432 g/mol. The summed E-state index contributed by atoms with van der Waals surface area (Å²) < 4.78 is 39.3. The van der Waals surface area contributed by atoms with Crippen LogP contribution in [0.25, 0.3) is 0 Å². The number of hydrogen-bond donors (Lipinski definition) is 2. The van der Waals surface area contributed by atoms with Crippen molar-refractivity contribution < 1.29 is 12.6 Å². The fourth-order valence-electron chi connectivity index (χ4n) is 1.59. The minimum atomic E-state index is -3.73. The van der Waals surface area contributed by atoms with Gasteiger partial charge in [0.15, 0.2) is 0 Å². The Morgan fingerprint density at radius 2 is 2.00 bits per heavy atom. The van der Waals surface area contributed by atoms with Crippen molar-refractivity contribution in [3.05, 3.63) is 21.1 Å². The molecule has 0 bridgehead atoms. The lowest BCUT2D eigenvalue weighted by molar-refractivity contribution is 0.555. The van der Waals surface area contributed by atoms with E-state index < -0.39 is 20.8 Å². The molecule has 3 N–H and O–H groups in total. The van der Waals surface area contributed by atoms with Crippen LogP contribution in [0.15, 0.2) is 26.0 Å². The first-order chi connectivity index (χ1) is 9.13. The van der Waals surface area contributed by atoms with Crippen molar-refractivity contribution in [1.82, 2.24) is 4.72 Å². The van der Waals surface area contributed by atoms with Gasteiger partial charge in [-0.2, -0.15) is 0 Å². The number of rotatable bonds is 6. The van der Waals surface area contributed by atoms with E-state index in [4.69, 9.17) is 5.73 Å². The van der Waals surface area contributed by atoms with Crippen LogP contribution < -0.4 is 10.5 Å². The molecule has 2 unspecified atom stereocenters. The first kappa shape index (κ1) is 18.1. The van der Waals surface area contributed by atoms with Crippen LogP contribution in [-0.2, 0) is 20.8 Å². The second-order valence-corrected chi connectivity index (χ2v) is 9.37. The Kier molecular flexibility index (Phi) is 6.65. The second kappa shape index (κ2) is 7.35. The molecule has 0 heterocycles. The van der Waals surface area contributed by atoms with Gasteiger partial charge in [-0.05, 0) is 41.4 Å². The highest BCUT2D eigenvalue weighted by Crippen LogP contribution is 2.31. The van der Waals surface area contributed by atoms with Crippen molar-refractivity contribution in [2.45, 2.75) is 24.3 Å². The molecule has 5 nitrogen and oxygen atoms in total. The largest absolute Gasteiger partial charge is 0.398 e. The van der Waals surface area contributed by atoms with Gasteiger partial charge in [-0.15, -0.1) is 0 Å². The summed E-state index contributed by atoms with van der Waals surface area (Å²) in [5, 5.41) is 0. The number of halogens is 2. The minimum absolute atomic E-state index is 0.0187. The van der Waals surface area contributed by atoms with Crippen molar-refractivity contribution in [3.63, 3.8) is 0 Å². The van der Waals surface area contributed by atoms with Crippen molar-refractivity contribution in [1.29, 1.82) is 0 Å². The zero-order valence-electron chi connectivity index (χ0n) is 11.0. The molecule has 114 valence electrons. The van der Waals surface area contributed by atoms with Gasteiger partial charge in [0.05, 0.1) is 5.69 Å². The van der Waals surface area contributed by atoms with E-state index >= 15 is 0 Å². The average Bonchev–Trinajstić information content (AvgIpc) is 2.23. The smallest absolute Gasteiger partial charge is 0.243 e. The molecule has 0 spiro atoms. The molecule has 0 aliphatic carbocycles. The molecule has 1 rings (SSSR count). The molecular formula is C11H16Br2N2O3S2. The summed E-state index contributed by atoms with van der Waals surface area (Å²) in [4.78, 5) is 0.0187. The predicted octanol–water partition coefficient (Wildman–Crippen LogP) is 2.23. The highest BCUT2D eigenvalue weighted by atomic mass is 79.9. The van der Waals surface area contributed by atoms with Crippen LogP contribution in [0.4, 0.5) is 5.69 Å². The van der Waals surface area contributed by atoms with Gasteiger partial charge in [-0.1, -0.05) is 15.9 Å². The minimum Gasteiger partial charge on any atom is -0.398 e. The Morgan fingerprint density at radius 3 is 2.50 bits per heavy atom. The number of hydrogen-bond acceptors (Lipinski definition) is 4. The van der Waals surface area contributed by atoms with E-state index in [2.05, 4.69) is 36.6 Å². The molecule has 0 aromatic heterocycles. The molecule has 0 radical (unpaired) electrons. The Labute approximate surface area is 138 Å². The maximum atomic E-state index is 12.3. The predicted molar refractivity (Wildman–Crippen MR) is 89.6 cm³/mol. The van der Waals surface area contributed by atoms with Crippen LogP contribution in [0.1, 0.15) is 13.3 Å². The topological polar surface area (TPSA) is 89.3 Å². The lowest BCUT2D eigenvalue weighted by Gasteiger charge is -2.16. The van der Waals surface area contributed by atoms with Gasteiger partial charge in [0.1, 0.15) is 4.90 Å². The molecule has 9 heteroatoms. The second-order valence-electron chi connectivity index (χ2n) is 4.39. The summed E-state index contributed by atoms with van der Waals surface area (Å²) in [7, 11) is -4.67. The first-order valence-corrected chi connectivity index (χ1v) is 10.5. The van der Waals surface area contributed by atoms with Crippen LogP contribution in [0.5, 0.6) is 0 Å². The molecule has 0 amide bonds. The van der Waals surface area contributed by atoms with E-state index in [1.54, 1.807) is 19.2 Å². The Morgan fingerprint density at radius 1 is 1.40 bits per heavy atom. The maximum Gasteiger partial charge on any atom is 0.243 e. The van der Waals surface area contributed by atoms with E-state index in [9.17, 15) is 12.6 Å². The number of nitrogen functional groups attached to an aromatic ring is 1. The monoisotopic (exact) mass is 446 g/mol. The first-order valence-electron chi connectivity index (χ1n) is 5.70. The normalized spacial score (nSPS) is 15.0.